The van der Waals surface area contributed by atoms with E-state index in [0.29, 0.717) is 11.8 Å². The Morgan fingerprint density at radius 3 is 2.41 bits per heavy atom. The van der Waals surface area contributed by atoms with E-state index in [2.05, 4.69) is 27.7 Å². The Hall–Kier alpha value is -0.530. The van der Waals surface area contributed by atoms with Gasteiger partial charge in [-0.05, 0) is 63.2 Å². The molecule has 2 heteroatoms. The van der Waals surface area contributed by atoms with Gasteiger partial charge >= 0.3 is 5.97 Å². The molecular weight excluding hydrogens is 272 g/mol. The third-order valence-corrected chi connectivity index (χ3v) is 6.70. The molecule has 0 aromatic rings. The van der Waals surface area contributed by atoms with E-state index >= 15 is 0 Å². The van der Waals surface area contributed by atoms with Gasteiger partial charge in [0.25, 0.3) is 0 Å². The molecule has 2 aliphatic carbocycles. The molecule has 0 spiro atoms. The van der Waals surface area contributed by atoms with Crippen LogP contribution in [-0.4, -0.2) is 12.1 Å². The number of ether oxygens (including phenoxy) is 1. The summed E-state index contributed by atoms with van der Waals surface area (Å²) in [6, 6.07) is 0. The minimum absolute atomic E-state index is 0.0147. The van der Waals surface area contributed by atoms with Crippen LogP contribution >= 0.6 is 0 Å². The highest BCUT2D eigenvalue weighted by atomic mass is 16.5. The van der Waals surface area contributed by atoms with E-state index in [-0.39, 0.29) is 17.5 Å². The SMILES string of the molecule is CC[C@@H]1[C@@H]2[C@@H](CC[C@@H]1C)C[C@H](C)C[C@@H]2OC(=O)C(C)(C)CC. The molecule has 22 heavy (non-hydrogen) atoms. The monoisotopic (exact) mass is 308 g/mol. The van der Waals surface area contributed by atoms with Gasteiger partial charge in [0.15, 0.2) is 0 Å². The number of fused-ring (bicyclic) bond motifs is 1. The quantitative estimate of drug-likeness (QED) is 0.645. The zero-order valence-electron chi connectivity index (χ0n) is 15.5. The number of hydrogen-bond acceptors (Lipinski definition) is 2. The third kappa shape index (κ3) is 3.51. The molecule has 2 saturated carbocycles. The van der Waals surface area contributed by atoms with Crippen LogP contribution in [0.5, 0.6) is 0 Å². The summed E-state index contributed by atoms with van der Waals surface area (Å²) in [6.07, 6.45) is 7.30. The first-order valence-corrected chi connectivity index (χ1v) is 9.51. The van der Waals surface area contributed by atoms with Gasteiger partial charge in [-0.3, -0.25) is 4.79 Å². The maximum absolute atomic E-state index is 12.6. The maximum Gasteiger partial charge on any atom is 0.311 e. The van der Waals surface area contributed by atoms with Crippen molar-refractivity contribution in [2.24, 2.45) is 35.0 Å². The molecule has 2 nitrogen and oxygen atoms in total. The van der Waals surface area contributed by atoms with Crippen LogP contribution in [0.2, 0.25) is 0 Å². The molecule has 0 aromatic heterocycles. The van der Waals surface area contributed by atoms with Crippen molar-refractivity contribution in [3.05, 3.63) is 0 Å². The Balaban J connectivity index is 2.17. The summed E-state index contributed by atoms with van der Waals surface area (Å²) in [5.74, 6) is 3.58. The number of hydrogen-bond donors (Lipinski definition) is 0. The molecule has 2 rings (SSSR count). The van der Waals surface area contributed by atoms with Crippen LogP contribution < -0.4 is 0 Å². The van der Waals surface area contributed by atoms with Crippen LogP contribution in [0.1, 0.15) is 80.1 Å². The number of carbonyl (C=O) groups is 1. The number of esters is 1. The van der Waals surface area contributed by atoms with E-state index < -0.39 is 0 Å². The average Bonchev–Trinajstić information content (AvgIpc) is 2.47. The summed E-state index contributed by atoms with van der Waals surface area (Å²) in [6.45, 7) is 13.2. The summed E-state index contributed by atoms with van der Waals surface area (Å²) in [5, 5.41) is 0. The highest BCUT2D eigenvalue weighted by Crippen LogP contribution is 2.50. The molecule has 0 unspecified atom stereocenters. The van der Waals surface area contributed by atoms with Crippen LogP contribution in [0.25, 0.3) is 0 Å². The average molecular weight is 309 g/mol. The normalized spacial score (nSPS) is 39.2. The van der Waals surface area contributed by atoms with Crippen LogP contribution in [0.3, 0.4) is 0 Å². The lowest BCUT2D eigenvalue weighted by molar-refractivity contribution is -0.172. The number of rotatable bonds is 4. The van der Waals surface area contributed by atoms with Crippen molar-refractivity contribution in [2.45, 2.75) is 86.2 Å². The van der Waals surface area contributed by atoms with E-state index in [1.54, 1.807) is 0 Å². The summed E-state index contributed by atoms with van der Waals surface area (Å²) in [7, 11) is 0. The largest absolute Gasteiger partial charge is 0.462 e. The standard InChI is InChI=1S/C20H36O2/c1-7-16-14(4)9-10-15-11-13(3)12-17(18(15)16)22-19(21)20(5,6)8-2/h13-18H,7-12H2,1-6H3/t13-,14-,15-,16-,17-,18-/m0/s1. The van der Waals surface area contributed by atoms with Gasteiger partial charge in [-0.25, -0.2) is 0 Å². The van der Waals surface area contributed by atoms with Gasteiger partial charge in [-0.2, -0.15) is 0 Å². The van der Waals surface area contributed by atoms with E-state index in [0.717, 1.165) is 30.6 Å². The fourth-order valence-electron chi connectivity index (χ4n) is 4.88. The van der Waals surface area contributed by atoms with Gasteiger partial charge in [0.2, 0.25) is 0 Å². The van der Waals surface area contributed by atoms with Crippen molar-refractivity contribution in [2.75, 3.05) is 0 Å². The van der Waals surface area contributed by atoms with Crippen LogP contribution in [0.4, 0.5) is 0 Å². The Morgan fingerprint density at radius 1 is 1.14 bits per heavy atom. The molecule has 128 valence electrons. The Morgan fingerprint density at radius 2 is 1.82 bits per heavy atom. The molecule has 0 aliphatic heterocycles. The van der Waals surface area contributed by atoms with Gasteiger partial charge in [0, 0.05) is 5.92 Å². The first-order chi connectivity index (χ1) is 10.3. The van der Waals surface area contributed by atoms with Crippen molar-refractivity contribution >= 4 is 5.97 Å². The van der Waals surface area contributed by atoms with Gasteiger partial charge in [-0.15, -0.1) is 0 Å². The minimum Gasteiger partial charge on any atom is -0.462 e. The fourth-order valence-corrected chi connectivity index (χ4v) is 4.88. The minimum atomic E-state index is -0.349. The molecule has 6 atom stereocenters. The molecule has 0 bridgehead atoms. The first kappa shape index (κ1) is 17.8. The highest BCUT2D eigenvalue weighted by Gasteiger charge is 2.46. The highest BCUT2D eigenvalue weighted by molar-refractivity contribution is 5.76. The summed E-state index contributed by atoms with van der Waals surface area (Å²) in [5.41, 5.74) is -0.349. The Labute approximate surface area is 137 Å². The van der Waals surface area contributed by atoms with Crippen molar-refractivity contribution in [3.8, 4) is 0 Å². The van der Waals surface area contributed by atoms with Gasteiger partial charge in [0.05, 0.1) is 5.41 Å². The Kier molecular flexibility index (Phi) is 5.61. The van der Waals surface area contributed by atoms with Crippen molar-refractivity contribution in [1.29, 1.82) is 0 Å². The van der Waals surface area contributed by atoms with Crippen molar-refractivity contribution in [3.63, 3.8) is 0 Å². The maximum atomic E-state index is 12.6. The second kappa shape index (κ2) is 6.93. The Bertz CT molecular complexity index is 387. The van der Waals surface area contributed by atoms with Gasteiger partial charge in [-0.1, -0.05) is 40.5 Å². The zero-order valence-corrected chi connectivity index (χ0v) is 15.5. The molecule has 0 saturated heterocycles. The summed E-state index contributed by atoms with van der Waals surface area (Å²) in [4.78, 5) is 12.6. The van der Waals surface area contributed by atoms with E-state index in [4.69, 9.17) is 4.74 Å². The second-order valence-corrected chi connectivity index (χ2v) is 8.72. The summed E-state index contributed by atoms with van der Waals surface area (Å²) < 4.78 is 6.13. The molecule has 0 radical (unpaired) electrons. The third-order valence-electron chi connectivity index (χ3n) is 6.70. The fraction of sp³-hybridized carbons (Fsp3) is 0.950. The summed E-state index contributed by atoms with van der Waals surface area (Å²) >= 11 is 0. The molecular formula is C20H36O2. The zero-order chi connectivity index (χ0) is 16.5. The lowest BCUT2D eigenvalue weighted by Gasteiger charge is -2.50. The van der Waals surface area contributed by atoms with Crippen molar-refractivity contribution in [1.82, 2.24) is 0 Å². The predicted molar refractivity (Wildman–Crippen MR) is 91.5 cm³/mol. The van der Waals surface area contributed by atoms with Crippen LogP contribution in [0.15, 0.2) is 0 Å². The van der Waals surface area contributed by atoms with E-state index in [9.17, 15) is 4.79 Å². The lowest BCUT2D eigenvalue weighted by Crippen LogP contribution is -2.48. The van der Waals surface area contributed by atoms with E-state index in [1.165, 1.54) is 25.7 Å². The molecule has 2 fully saturated rings. The molecule has 2 aliphatic rings. The smallest absolute Gasteiger partial charge is 0.311 e. The molecule has 0 N–H and O–H groups in total. The topological polar surface area (TPSA) is 26.3 Å². The van der Waals surface area contributed by atoms with Crippen molar-refractivity contribution < 1.29 is 9.53 Å². The van der Waals surface area contributed by atoms with Crippen LogP contribution in [-0.2, 0) is 9.53 Å². The molecule has 0 aromatic carbocycles. The van der Waals surface area contributed by atoms with Crippen LogP contribution in [0, 0.1) is 35.0 Å². The predicted octanol–water partition coefficient (Wildman–Crippen LogP) is 5.45. The lowest BCUT2D eigenvalue weighted by atomic mass is 9.58. The van der Waals surface area contributed by atoms with Gasteiger partial charge < -0.3 is 4.74 Å². The second-order valence-electron chi connectivity index (χ2n) is 8.72. The first-order valence-electron chi connectivity index (χ1n) is 9.51. The molecule has 0 heterocycles. The number of carbonyl (C=O) groups excluding carboxylic acids is 1. The van der Waals surface area contributed by atoms with Gasteiger partial charge in [0.1, 0.15) is 6.10 Å². The molecule has 0 amide bonds. The van der Waals surface area contributed by atoms with E-state index in [1.807, 2.05) is 13.8 Å².